The summed E-state index contributed by atoms with van der Waals surface area (Å²) in [6.07, 6.45) is 3.82. The third-order valence-corrected chi connectivity index (χ3v) is 6.87. The van der Waals surface area contributed by atoms with E-state index in [2.05, 4.69) is 10.3 Å². The van der Waals surface area contributed by atoms with Crippen LogP contribution in [0.1, 0.15) is 27.2 Å². The second-order valence-corrected chi connectivity index (χ2v) is 9.80. The number of aromatic nitrogens is 2. The number of amides is 1. The summed E-state index contributed by atoms with van der Waals surface area (Å²) < 4.78 is 7.00. The number of pyridine rings is 1. The molecule has 0 fully saturated rings. The second-order valence-electron chi connectivity index (χ2n) is 9.36. The van der Waals surface area contributed by atoms with Crippen LogP contribution in [-0.4, -0.2) is 44.6 Å². The molecule has 202 valence electrons. The molecule has 0 saturated heterocycles. The molecule has 5 rings (SSSR count). The van der Waals surface area contributed by atoms with Gasteiger partial charge in [-0.25, -0.2) is 9.78 Å². The maximum Gasteiger partial charge on any atom is 0.326 e. The molecule has 0 aliphatic heterocycles. The number of benzene rings is 3. The minimum atomic E-state index is -1.21. The van der Waals surface area contributed by atoms with E-state index in [1.54, 1.807) is 48.2 Å². The van der Waals surface area contributed by atoms with Crippen LogP contribution in [0.4, 0.5) is 0 Å². The van der Waals surface area contributed by atoms with Crippen LogP contribution in [0.2, 0.25) is 5.02 Å². The molecule has 0 bridgehead atoms. The summed E-state index contributed by atoms with van der Waals surface area (Å²) in [6.45, 7) is 0. The van der Waals surface area contributed by atoms with Crippen molar-refractivity contribution in [2.75, 3.05) is 7.11 Å². The van der Waals surface area contributed by atoms with E-state index in [4.69, 9.17) is 16.3 Å². The van der Waals surface area contributed by atoms with E-state index in [-0.39, 0.29) is 17.9 Å². The summed E-state index contributed by atoms with van der Waals surface area (Å²) in [5, 5.41) is 23.3. The van der Waals surface area contributed by atoms with Crippen molar-refractivity contribution in [3.8, 4) is 22.6 Å². The van der Waals surface area contributed by atoms with Crippen LogP contribution >= 0.6 is 11.6 Å². The number of hydrogen-bond donors (Lipinski definition) is 3. The van der Waals surface area contributed by atoms with E-state index < -0.39 is 17.9 Å². The van der Waals surface area contributed by atoms with Gasteiger partial charge in [-0.1, -0.05) is 41.9 Å². The number of fused-ring (bicyclic) bond motifs is 1. The lowest BCUT2D eigenvalue weighted by Gasteiger charge is -2.17. The molecule has 2 heterocycles. The monoisotopic (exact) mass is 555 g/mol. The normalized spacial score (nSPS) is 11.8. The molecule has 3 N–H and O–H groups in total. The summed E-state index contributed by atoms with van der Waals surface area (Å²) in [6, 6.07) is 22.2. The Morgan fingerprint density at radius 1 is 1.00 bits per heavy atom. The number of carboxylic acids is 1. The molecule has 8 nitrogen and oxygen atoms in total. The smallest absolute Gasteiger partial charge is 0.326 e. The molecule has 0 saturated carbocycles. The molecule has 1 amide bonds. The van der Waals surface area contributed by atoms with Gasteiger partial charge in [-0.05, 0) is 82.8 Å². The number of rotatable bonds is 9. The molecule has 0 aliphatic carbocycles. The van der Waals surface area contributed by atoms with Crippen LogP contribution in [0.15, 0.2) is 91.3 Å². The highest BCUT2D eigenvalue weighted by molar-refractivity contribution is 6.30. The largest absolute Gasteiger partial charge is 0.508 e. The Hall–Kier alpha value is -4.82. The van der Waals surface area contributed by atoms with Gasteiger partial charge < -0.3 is 24.7 Å². The number of aromatic hydroxyl groups is 1. The first kappa shape index (κ1) is 26.8. The van der Waals surface area contributed by atoms with Gasteiger partial charge in [0, 0.05) is 23.8 Å². The van der Waals surface area contributed by atoms with Crippen molar-refractivity contribution < 1.29 is 24.5 Å². The summed E-state index contributed by atoms with van der Waals surface area (Å²) in [5.74, 6) is -1.01. The SMILES string of the molecule is COc1cccc(Cc2cc(O)ccc2C[C@H](NC(=O)c2cn3ccc(-c4ccc(Cl)cc4)cc3n2)C(=O)O)c1. The van der Waals surface area contributed by atoms with Crippen LogP contribution < -0.4 is 10.1 Å². The van der Waals surface area contributed by atoms with Gasteiger partial charge in [-0.3, -0.25) is 4.79 Å². The quantitative estimate of drug-likeness (QED) is 0.225. The lowest BCUT2D eigenvalue weighted by Crippen LogP contribution is -2.42. The van der Waals surface area contributed by atoms with Crippen molar-refractivity contribution in [1.29, 1.82) is 0 Å². The van der Waals surface area contributed by atoms with E-state index in [0.29, 0.717) is 28.4 Å². The molecule has 1 atom stereocenters. The Morgan fingerprint density at radius 3 is 2.55 bits per heavy atom. The highest BCUT2D eigenvalue weighted by Crippen LogP contribution is 2.25. The summed E-state index contributed by atoms with van der Waals surface area (Å²) in [4.78, 5) is 29.7. The van der Waals surface area contributed by atoms with E-state index in [9.17, 15) is 19.8 Å². The molecule has 0 radical (unpaired) electrons. The van der Waals surface area contributed by atoms with Crippen molar-refractivity contribution in [1.82, 2.24) is 14.7 Å². The topological polar surface area (TPSA) is 113 Å². The molecule has 40 heavy (non-hydrogen) atoms. The van der Waals surface area contributed by atoms with Crippen LogP contribution in [0.25, 0.3) is 16.8 Å². The van der Waals surface area contributed by atoms with E-state index in [0.717, 1.165) is 22.3 Å². The molecule has 9 heteroatoms. The fourth-order valence-corrected chi connectivity index (χ4v) is 4.67. The van der Waals surface area contributed by atoms with E-state index in [1.807, 2.05) is 48.5 Å². The summed E-state index contributed by atoms with van der Waals surface area (Å²) in [5.41, 5.74) is 4.87. The standard InChI is InChI=1S/C31H26ClN3O5/c1-40-26-4-2-3-19(14-26)13-23-15-25(36)10-7-21(23)16-27(31(38)39)34-30(37)28-18-35-12-11-22(17-29(35)33-28)20-5-8-24(32)9-6-20/h2-12,14-15,17-18,27,36H,13,16H2,1H3,(H,34,37)(H,38,39)/t27-/m0/s1. The van der Waals surface area contributed by atoms with Crippen molar-refractivity contribution in [3.05, 3.63) is 119 Å². The Balaban J connectivity index is 1.35. The van der Waals surface area contributed by atoms with Crippen LogP contribution in [0.5, 0.6) is 11.5 Å². The first-order valence-electron chi connectivity index (χ1n) is 12.5. The van der Waals surface area contributed by atoms with E-state index in [1.165, 1.54) is 6.07 Å². The number of ether oxygens (including phenoxy) is 1. The number of methoxy groups -OCH3 is 1. The zero-order valence-electron chi connectivity index (χ0n) is 21.5. The third kappa shape index (κ3) is 6.08. The molecule has 2 aromatic heterocycles. The predicted octanol–water partition coefficient (Wildman–Crippen LogP) is 5.39. The lowest BCUT2D eigenvalue weighted by atomic mass is 9.95. The lowest BCUT2D eigenvalue weighted by molar-refractivity contribution is -0.139. The van der Waals surface area contributed by atoms with Crippen LogP contribution in [0.3, 0.4) is 0 Å². The van der Waals surface area contributed by atoms with Crippen molar-refractivity contribution in [3.63, 3.8) is 0 Å². The number of carboxylic acid groups (broad SMARTS) is 1. The van der Waals surface area contributed by atoms with E-state index >= 15 is 0 Å². The number of imidazole rings is 1. The van der Waals surface area contributed by atoms with Crippen LogP contribution in [0, 0.1) is 0 Å². The Labute approximate surface area is 235 Å². The number of nitrogens with zero attached hydrogens (tertiary/aromatic N) is 2. The number of carbonyl (C=O) groups excluding carboxylic acids is 1. The number of halogens is 1. The highest BCUT2D eigenvalue weighted by atomic mass is 35.5. The van der Waals surface area contributed by atoms with Gasteiger partial charge in [-0.2, -0.15) is 0 Å². The highest BCUT2D eigenvalue weighted by Gasteiger charge is 2.24. The summed E-state index contributed by atoms with van der Waals surface area (Å²) in [7, 11) is 1.58. The number of nitrogens with one attached hydrogen (secondary N) is 1. The number of phenols is 1. The number of hydrogen-bond acceptors (Lipinski definition) is 5. The number of carbonyl (C=O) groups is 2. The number of aliphatic carboxylic acids is 1. The average Bonchev–Trinajstić information content (AvgIpc) is 3.38. The van der Waals surface area contributed by atoms with Crippen molar-refractivity contribution in [2.24, 2.45) is 0 Å². The fourth-order valence-electron chi connectivity index (χ4n) is 4.54. The molecule has 3 aromatic carbocycles. The fraction of sp³-hybridized carbons (Fsp3) is 0.129. The van der Waals surface area contributed by atoms with Gasteiger partial charge in [0.1, 0.15) is 28.9 Å². The Bertz CT molecular complexity index is 1700. The molecule has 0 unspecified atom stereocenters. The molecule has 0 aliphatic rings. The predicted molar refractivity (Wildman–Crippen MR) is 152 cm³/mol. The average molecular weight is 556 g/mol. The van der Waals surface area contributed by atoms with Gasteiger partial charge in [0.15, 0.2) is 0 Å². The maximum absolute atomic E-state index is 13.1. The first-order valence-corrected chi connectivity index (χ1v) is 12.9. The van der Waals surface area contributed by atoms with Crippen LogP contribution in [-0.2, 0) is 17.6 Å². The third-order valence-electron chi connectivity index (χ3n) is 6.62. The zero-order chi connectivity index (χ0) is 28.2. The van der Waals surface area contributed by atoms with Crippen molar-refractivity contribution in [2.45, 2.75) is 18.9 Å². The Morgan fingerprint density at radius 2 is 1.80 bits per heavy atom. The second kappa shape index (κ2) is 11.5. The number of phenolic OH excluding ortho intramolecular Hbond substituents is 1. The zero-order valence-corrected chi connectivity index (χ0v) is 22.3. The minimum absolute atomic E-state index is 0.0226. The van der Waals surface area contributed by atoms with Gasteiger partial charge in [0.2, 0.25) is 0 Å². The van der Waals surface area contributed by atoms with Gasteiger partial charge in [-0.15, -0.1) is 0 Å². The molecule has 0 spiro atoms. The Kier molecular flexibility index (Phi) is 7.70. The maximum atomic E-state index is 13.1. The van der Waals surface area contributed by atoms with Gasteiger partial charge in [0.05, 0.1) is 7.11 Å². The minimum Gasteiger partial charge on any atom is -0.508 e. The van der Waals surface area contributed by atoms with Crippen molar-refractivity contribution >= 4 is 29.1 Å². The van der Waals surface area contributed by atoms with Gasteiger partial charge >= 0.3 is 5.97 Å². The summed E-state index contributed by atoms with van der Waals surface area (Å²) >= 11 is 5.99. The molecular formula is C31H26ClN3O5. The first-order chi connectivity index (χ1) is 19.3. The molecule has 5 aromatic rings. The molecular weight excluding hydrogens is 530 g/mol. The van der Waals surface area contributed by atoms with Gasteiger partial charge in [0.25, 0.3) is 5.91 Å².